The number of pyridine rings is 1. The van der Waals surface area contributed by atoms with Crippen LogP contribution < -0.4 is 4.72 Å². The summed E-state index contributed by atoms with van der Waals surface area (Å²) in [5, 5.41) is 0. The lowest BCUT2D eigenvalue weighted by molar-refractivity contribution is 0.601. The molecule has 0 saturated heterocycles. The summed E-state index contributed by atoms with van der Waals surface area (Å²) in [6.07, 6.45) is 2.65. The predicted octanol–water partition coefficient (Wildman–Crippen LogP) is 3.70. The summed E-state index contributed by atoms with van der Waals surface area (Å²) in [5.41, 5.74) is 2.13. The minimum atomic E-state index is -3.59. The highest BCUT2D eigenvalue weighted by atomic mass is 32.2. The van der Waals surface area contributed by atoms with Crippen LogP contribution in [0.25, 0.3) is 0 Å². The zero-order chi connectivity index (χ0) is 15.5. The Morgan fingerprint density at radius 2 is 1.81 bits per heavy atom. The topological polar surface area (TPSA) is 59.1 Å². The Bertz CT molecular complexity index is 692. The van der Waals surface area contributed by atoms with Crippen LogP contribution in [0.4, 0.5) is 5.82 Å². The lowest BCUT2D eigenvalue weighted by Crippen LogP contribution is -2.14. The van der Waals surface area contributed by atoms with E-state index in [4.69, 9.17) is 0 Å². The van der Waals surface area contributed by atoms with Crippen molar-refractivity contribution in [1.82, 2.24) is 4.98 Å². The van der Waals surface area contributed by atoms with E-state index in [0.717, 1.165) is 17.5 Å². The number of nitrogens with zero attached hydrogens (tertiary/aromatic N) is 1. The lowest BCUT2D eigenvalue weighted by Gasteiger charge is -2.11. The monoisotopic (exact) mass is 304 g/mol. The van der Waals surface area contributed by atoms with Gasteiger partial charge in [-0.1, -0.05) is 32.0 Å². The summed E-state index contributed by atoms with van der Waals surface area (Å²) in [5.74, 6) is 0.750. The Labute approximate surface area is 126 Å². The maximum absolute atomic E-state index is 12.3. The Balaban J connectivity index is 2.21. The van der Waals surface area contributed by atoms with E-state index in [0.29, 0.717) is 11.7 Å². The summed E-state index contributed by atoms with van der Waals surface area (Å²) < 4.78 is 27.1. The highest BCUT2D eigenvalue weighted by Gasteiger charge is 2.15. The molecule has 1 unspecified atom stereocenters. The van der Waals surface area contributed by atoms with Crippen molar-refractivity contribution in [3.8, 4) is 0 Å². The van der Waals surface area contributed by atoms with Crippen molar-refractivity contribution in [2.75, 3.05) is 4.72 Å². The van der Waals surface area contributed by atoms with E-state index in [-0.39, 0.29) is 4.90 Å². The fourth-order valence-corrected chi connectivity index (χ4v) is 2.94. The van der Waals surface area contributed by atoms with Gasteiger partial charge in [-0.2, -0.15) is 0 Å². The second kappa shape index (κ2) is 6.26. The SMILES string of the molecule is CCC(C)c1ccc(S(=O)(=O)Nc2ccc(C)cn2)cc1. The fourth-order valence-electron chi connectivity index (χ4n) is 1.94. The van der Waals surface area contributed by atoms with Crippen molar-refractivity contribution in [3.63, 3.8) is 0 Å². The molecule has 0 aliphatic carbocycles. The minimum absolute atomic E-state index is 0.247. The number of aryl methyl sites for hydroxylation is 1. The molecule has 0 radical (unpaired) electrons. The molecule has 0 spiro atoms. The molecule has 5 heteroatoms. The number of benzene rings is 1. The molecule has 2 rings (SSSR count). The van der Waals surface area contributed by atoms with Crippen molar-refractivity contribution >= 4 is 15.8 Å². The first-order valence-corrected chi connectivity index (χ1v) is 8.46. The highest BCUT2D eigenvalue weighted by Crippen LogP contribution is 2.21. The first-order chi connectivity index (χ1) is 9.92. The molecule has 1 aromatic heterocycles. The maximum atomic E-state index is 12.3. The van der Waals surface area contributed by atoms with Gasteiger partial charge in [-0.15, -0.1) is 0 Å². The van der Waals surface area contributed by atoms with Crippen LogP contribution >= 0.6 is 0 Å². The van der Waals surface area contributed by atoms with Crippen LogP contribution in [0.15, 0.2) is 47.5 Å². The number of hydrogen-bond donors (Lipinski definition) is 1. The van der Waals surface area contributed by atoms with Gasteiger partial charge in [0.05, 0.1) is 4.90 Å². The van der Waals surface area contributed by atoms with Gasteiger partial charge in [0.25, 0.3) is 10.0 Å². The van der Waals surface area contributed by atoms with Gasteiger partial charge < -0.3 is 0 Å². The molecule has 0 aliphatic rings. The molecule has 0 aliphatic heterocycles. The van der Waals surface area contributed by atoms with E-state index < -0.39 is 10.0 Å². The average molecular weight is 304 g/mol. The molecule has 2 aromatic rings. The molecular formula is C16H20N2O2S. The number of aromatic nitrogens is 1. The summed E-state index contributed by atoms with van der Waals surface area (Å²) in [6.45, 7) is 6.14. The van der Waals surface area contributed by atoms with Gasteiger partial charge in [0.15, 0.2) is 0 Å². The summed E-state index contributed by atoms with van der Waals surface area (Å²) in [6, 6.07) is 10.5. The largest absolute Gasteiger partial charge is 0.263 e. The number of sulfonamides is 1. The lowest BCUT2D eigenvalue weighted by atomic mass is 9.99. The second-order valence-corrected chi connectivity index (χ2v) is 6.89. The molecule has 112 valence electrons. The minimum Gasteiger partial charge on any atom is -0.263 e. The van der Waals surface area contributed by atoms with Gasteiger partial charge >= 0.3 is 0 Å². The van der Waals surface area contributed by atoms with Crippen molar-refractivity contribution in [1.29, 1.82) is 0 Å². The predicted molar refractivity (Wildman–Crippen MR) is 84.9 cm³/mol. The molecule has 0 amide bonds. The Hall–Kier alpha value is -1.88. The second-order valence-electron chi connectivity index (χ2n) is 5.20. The smallest absolute Gasteiger partial charge is 0.263 e. The Morgan fingerprint density at radius 3 is 2.33 bits per heavy atom. The van der Waals surface area contributed by atoms with E-state index in [2.05, 4.69) is 23.6 Å². The van der Waals surface area contributed by atoms with Gasteiger partial charge in [-0.05, 0) is 48.6 Å². The summed E-state index contributed by atoms with van der Waals surface area (Å²) >= 11 is 0. The summed E-state index contributed by atoms with van der Waals surface area (Å²) in [7, 11) is -3.59. The molecule has 1 aromatic carbocycles. The number of hydrogen-bond acceptors (Lipinski definition) is 3. The third kappa shape index (κ3) is 3.82. The van der Waals surface area contributed by atoms with Gasteiger partial charge in [0, 0.05) is 6.20 Å². The van der Waals surface area contributed by atoms with Crippen LogP contribution in [0.1, 0.15) is 37.3 Å². The standard InChI is InChI=1S/C16H20N2O2S/c1-4-13(3)14-6-8-15(9-7-14)21(19,20)18-16-10-5-12(2)11-17-16/h5-11,13H,4H2,1-3H3,(H,17,18). The molecular weight excluding hydrogens is 284 g/mol. The Morgan fingerprint density at radius 1 is 1.14 bits per heavy atom. The number of anilines is 1. The average Bonchev–Trinajstić information content (AvgIpc) is 2.49. The van der Waals surface area contributed by atoms with E-state index >= 15 is 0 Å². The molecule has 21 heavy (non-hydrogen) atoms. The molecule has 1 N–H and O–H groups in total. The molecule has 4 nitrogen and oxygen atoms in total. The van der Waals surface area contributed by atoms with Crippen LogP contribution in [-0.4, -0.2) is 13.4 Å². The molecule has 0 fully saturated rings. The first-order valence-electron chi connectivity index (χ1n) is 6.98. The van der Waals surface area contributed by atoms with Gasteiger partial charge in [-0.25, -0.2) is 13.4 Å². The highest BCUT2D eigenvalue weighted by molar-refractivity contribution is 7.92. The Kier molecular flexibility index (Phi) is 4.63. The van der Waals surface area contributed by atoms with E-state index in [1.54, 1.807) is 24.4 Å². The van der Waals surface area contributed by atoms with Crippen LogP contribution in [0.3, 0.4) is 0 Å². The maximum Gasteiger partial charge on any atom is 0.263 e. The van der Waals surface area contributed by atoms with Crippen molar-refractivity contribution < 1.29 is 8.42 Å². The van der Waals surface area contributed by atoms with Gasteiger partial charge in [-0.3, -0.25) is 4.72 Å². The summed E-state index contributed by atoms with van der Waals surface area (Å²) in [4.78, 5) is 4.30. The van der Waals surface area contributed by atoms with E-state index in [1.165, 1.54) is 0 Å². The van der Waals surface area contributed by atoms with Crippen LogP contribution in [0, 0.1) is 6.92 Å². The van der Waals surface area contributed by atoms with Crippen molar-refractivity contribution in [2.45, 2.75) is 38.0 Å². The van der Waals surface area contributed by atoms with Gasteiger partial charge in [0.1, 0.15) is 5.82 Å². The van der Waals surface area contributed by atoms with E-state index in [9.17, 15) is 8.42 Å². The number of nitrogens with one attached hydrogen (secondary N) is 1. The fraction of sp³-hybridized carbons (Fsp3) is 0.312. The third-order valence-electron chi connectivity index (χ3n) is 3.52. The van der Waals surface area contributed by atoms with Crippen LogP contribution in [-0.2, 0) is 10.0 Å². The normalized spacial score (nSPS) is 12.9. The molecule has 1 atom stereocenters. The first kappa shape index (κ1) is 15.5. The zero-order valence-corrected chi connectivity index (χ0v) is 13.3. The molecule has 0 bridgehead atoms. The molecule has 0 saturated carbocycles. The van der Waals surface area contributed by atoms with Crippen molar-refractivity contribution in [2.24, 2.45) is 0 Å². The zero-order valence-electron chi connectivity index (χ0n) is 12.5. The van der Waals surface area contributed by atoms with E-state index in [1.807, 2.05) is 25.1 Å². The van der Waals surface area contributed by atoms with Crippen LogP contribution in [0.5, 0.6) is 0 Å². The third-order valence-corrected chi connectivity index (χ3v) is 4.89. The van der Waals surface area contributed by atoms with Crippen molar-refractivity contribution in [3.05, 3.63) is 53.7 Å². The quantitative estimate of drug-likeness (QED) is 0.916. The van der Waals surface area contributed by atoms with Crippen LogP contribution in [0.2, 0.25) is 0 Å². The number of rotatable bonds is 5. The van der Waals surface area contributed by atoms with Gasteiger partial charge in [0.2, 0.25) is 0 Å². The molecule has 1 heterocycles.